The van der Waals surface area contributed by atoms with Gasteiger partial charge in [-0.15, -0.1) is 0 Å². The molecule has 0 aliphatic carbocycles. The number of amides is 2. The molecule has 0 bridgehead atoms. The van der Waals surface area contributed by atoms with E-state index in [2.05, 4.69) is 16.7 Å². The molecule has 1 aliphatic rings. The average Bonchev–Trinajstić information content (AvgIpc) is 3.23. The molecule has 3 aromatic rings. The van der Waals surface area contributed by atoms with Crippen LogP contribution in [0.3, 0.4) is 0 Å². The summed E-state index contributed by atoms with van der Waals surface area (Å²) in [6.45, 7) is 1.59. The maximum atomic E-state index is 12.9. The number of carboxylic acid groups (broad SMARTS) is 1. The molecular weight excluding hydrogens is 492 g/mol. The lowest BCUT2D eigenvalue weighted by Crippen LogP contribution is -2.61. The van der Waals surface area contributed by atoms with E-state index < -0.39 is 29.2 Å². The predicted octanol–water partition coefficient (Wildman–Crippen LogP) is 2.84. The first-order valence-corrected chi connectivity index (χ1v) is 12.4. The summed E-state index contributed by atoms with van der Waals surface area (Å²) in [6, 6.07) is 15.1. The van der Waals surface area contributed by atoms with Gasteiger partial charge in [-0.05, 0) is 35.2 Å². The van der Waals surface area contributed by atoms with E-state index in [1.807, 2.05) is 36.4 Å². The Balaban J connectivity index is 1.47. The van der Waals surface area contributed by atoms with Gasteiger partial charge in [0, 0.05) is 52.9 Å². The Kier molecular flexibility index (Phi) is 8.45. The number of fused-ring (bicyclic) bond motifs is 1. The number of nitriles is 1. The summed E-state index contributed by atoms with van der Waals surface area (Å²) in [6.07, 6.45) is -0.163. The molecular formula is C27H30N4O7. The van der Waals surface area contributed by atoms with Crippen molar-refractivity contribution in [2.75, 3.05) is 33.5 Å². The zero-order valence-corrected chi connectivity index (χ0v) is 21.1. The van der Waals surface area contributed by atoms with Crippen LogP contribution >= 0.6 is 0 Å². The lowest BCUT2D eigenvalue weighted by atomic mass is 9.88. The van der Waals surface area contributed by atoms with Crippen LogP contribution < -0.4 is 16.4 Å². The maximum absolute atomic E-state index is 12.9. The molecule has 0 saturated carbocycles. The second-order valence-corrected chi connectivity index (χ2v) is 9.19. The highest BCUT2D eigenvalue weighted by atomic mass is 16.5. The second-order valence-electron chi connectivity index (χ2n) is 9.19. The van der Waals surface area contributed by atoms with E-state index in [1.165, 1.54) is 0 Å². The number of hydrogen-bond acceptors (Lipinski definition) is 7. The van der Waals surface area contributed by atoms with Gasteiger partial charge in [0.2, 0.25) is 5.91 Å². The van der Waals surface area contributed by atoms with Crippen molar-refractivity contribution in [2.45, 2.75) is 37.3 Å². The monoisotopic (exact) mass is 522 g/mol. The average molecular weight is 523 g/mol. The molecule has 38 heavy (non-hydrogen) atoms. The Labute approximate surface area is 218 Å². The molecule has 0 radical (unpaired) electrons. The third kappa shape index (κ3) is 5.88. The number of benzene rings is 2. The quantitative estimate of drug-likeness (QED) is 0.343. The zero-order valence-electron chi connectivity index (χ0n) is 21.1. The van der Waals surface area contributed by atoms with Gasteiger partial charge in [0.15, 0.2) is 5.58 Å². The van der Waals surface area contributed by atoms with Crippen molar-refractivity contribution in [3.63, 3.8) is 0 Å². The Morgan fingerprint density at radius 3 is 2.55 bits per heavy atom. The fraction of sp³-hybridized carbons (Fsp3) is 0.407. The third-order valence-corrected chi connectivity index (χ3v) is 6.79. The SMILES string of the molecule is COCCCn1c(=O)oc2ccc(-c3ccc(C(C#N)CNC(=O)C4(NC(=O)O)CCOCC4)cc3)cc21. The molecule has 1 unspecified atom stereocenters. The minimum atomic E-state index is -1.28. The lowest BCUT2D eigenvalue weighted by molar-refractivity contribution is -0.131. The molecule has 200 valence electrons. The number of nitrogens with zero attached hydrogens (tertiary/aromatic N) is 2. The molecule has 2 amide bonds. The Morgan fingerprint density at radius 1 is 1.18 bits per heavy atom. The number of hydrogen-bond donors (Lipinski definition) is 3. The zero-order chi connectivity index (χ0) is 27.1. The number of oxazole rings is 1. The summed E-state index contributed by atoms with van der Waals surface area (Å²) in [5.74, 6) is -1.51. The van der Waals surface area contributed by atoms with Gasteiger partial charge in [-0.1, -0.05) is 30.3 Å². The molecule has 1 aliphatic heterocycles. The molecule has 1 fully saturated rings. The van der Waals surface area contributed by atoms with Crippen molar-refractivity contribution in [2.24, 2.45) is 0 Å². The Bertz CT molecular complexity index is 1380. The van der Waals surface area contributed by atoms with Crippen LogP contribution in [0.1, 0.15) is 30.7 Å². The lowest BCUT2D eigenvalue weighted by Gasteiger charge is -2.35. The highest BCUT2D eigenvalue weighted by molar-refractivity contribution is 5.90. The van der Waals surface area contributed by atoms with Crippen molar-refractivity contribution in [3.8, 4) is 17.2 Å². The summed E-state index contributed by atoms with van der Waals surface area (Å²) in [5, 5.41) is 24.1. The van der Waals surface area contributed by atoms with Gasteiger partial charge in [-0.25, -0.2) is 9.59 Å². The van der Waals surface area contributed by atoms with E-state index in [0.717, 1.165) is 11.1 Å². The Hall–Kier alpha value is -4.14. The number of aryl methyl sites for hydroxylation is 1. The van der Waals surface area contributed by atoms with Crippen LogP contribution in [0.5, 0.6) is 0 Å². The van der Waals surface area contributed by atoms with E-state index >= 15 is 0 Å². The van der Waals surface area contributed by atoms with Crippen molar-refractivity contribution in [1.29, 1.82) is 5.26 Å². The molecule has 11 heteroatoms. The molecule has 0 spiro atoms. The van der Waals surface area contributed by atoms with Crippen molar-refractivity contribution < 1.29 is 28.6 Å². The number of aromatic nitrogens is 1. The van der Waals surface area contributed by atoms with Gasteiger partial charge in [0.1, 0.15) is 5.54 Å². The highest BCUT2D eigenvalue weighted by Crippen LogP contribution is 2.27. The topological polar surface area (TPSA) is 156 Å². The largest absolute Gasteiger partial charge is 0.465 e. The predicted molar refractivity (Wildman–Crippen MR) is 138 cm³/mol. The fourth-order valence-corrected chi connectivity index (χ4v) is 4.66. The van der Waals surface area contributed by atoms with Crippen LogP contribution in [0.4, 0.5) is 4.79 Å². The molecule has 1 atom stereocenters. The third-order valence-electron chi connectivity index (χ3n) is 6.79. The standard InChI is InChI=1S/C27H30N4O7/c1-36-12-2-11-31-22-15-20(7-8-23(22)38-26(31)35)18-3-5-19(6-4-18)21(16-28)17-29-24(32)27(30-25(33)34)9-13-37-14-10-27/h3-8,15,21,30H,2,9-14,17H2,1H3,(H,29,32)(H,33,34). The highest BCUT2D eigenvalue weighted by Gasteiger charge is 2.41. The number of methoxy groups -OCH3 is 1. The minimum Gasteiger partial charge on any atom is -0.465 e. The molecule has 11 nitrogen and oxygen atoms in total. The molecule has 1 aromatic heterocycles. The fourth-order valence-electron chi connectivity index (χ4n) is 4.66. The van der Waals surface area contributed by atoms with Crippen molar-refractivity contribution in [1.82, 2.24) is 15.2 Å². The van der Waals surface area contributed by atoms with E-state index in [0.29, 0.717) is 36.2 Å². The van der Waals surface area contributed by atoms with E-state index in [-0.39, 0.29) is 32.6 Å². The molecule has 2 heterocycles. The number of carbonyl (C=O) groups excluding carboxylic acids is 1. The van der Waals surface area contributed by atoms with Gasteiger partial charge in [0.25, 0.3) is 0 Å². The van der Waals surface area contributed by atoms with E-state index in [1.54, 1.807) is 17.7 Å². The van der Waals surface area contributed by atoms with Crippen LogP contribution in [0.15, 0.2) is 51.7 Å². The molecule has 3 N–H and O–H groups in total. The normalized spacial score (nSPS) is 15.5. The summed E-state index contributed by atoms with van der Waals surface area (Å²) in [4.78, 5) is 36.5. The first-order chi connectivity index (χ1) is 18.4. The van der Waals surface area contributed by atoms with Crippen LogP contribution in [-0.2, 0) is 20.8 Å². The van der Waals surface area contributed by atoms with Crippen molar-refractivity contribution >= 4 is 23.1 Å². The number of nitrogens with one attached hydrogen (secondary N) is 2. The van der Waals surface area contributed by atoms with Crippen LogP contribution in [0, 0.1) is 11.3 Å². The number of ether oxygens (including phenoxy) is 2. The second kappa shape index (κ2) is 11.9. The first kappa shape index (κ1) is 26.9. The van der Waals surface area contributed by atoms with Crippen LogP contribution in [-0.4, -0.2) is 60.7 Å². The van der Waals surface area contributed by atoms with Crippen molar-refractivity contribution in [3.05, 3.63) is 58.6 Å². The van der Waals surface area contributed by atoms with E-state index in [4.69, 9.17) is 13.9 Å². The van der Waals surface area contributed by atoms with Gasteiger partial charge in [0.05, 0.1) is 17.5 Å². The summed E-state index contributed by atoms with van der Waals surface area (Å²) >= 11 is 0. The smallest absolute Gasteiger partial charge is 0.419 e. The number of rotatable bonds is 10. The summed E-state index contributed by atoms with van der Waals surface area (Å²) < 4.78 is 17.3. The number of carbonyl (C=O) groups is 2. The summed E-state index contributed by atoms with van der Waals surface area (Å²) in [5.41, 5.74) is 2.41. The maximum Gasteiger partial charge on any atom is 0.419 e. The molecule has 1 saturated heterocycles. The van der Waals surface area contributed by atoms with Gasteiger partial charge in [-0.2, -0.15) is 5.26 Å². The Morgan fingerprint density at radius 2 is 1.89 bits per heavy atom. The molecule has 4 rings (SSSR count). The van der Waals surface area contributed by atoms with Gasteiger partial charge in [-0.3, -0.25) is 9.36 Å². The first-order valence-electron chi connectivity index (χ1n) is 12.4. The van der Waals surface area contributed by atoms with E-state index in [9.17, 15) is 24.8 Å². The molecule has 2 aromatic carbocycles. The van der Waals surface area contributed by atoms with Gasteiger partial charge < -0.3 is 29.6 Å². The minimum absolute atomic E-state index is 0.0350. The van der Waals surface area contributed by atoms with Crippen LogP contribution in [0.25, 0.3) is 22.2 Å². The van der Waals surface area contributed by atoms with Crippen LogP contribution in [0.2, 0.25) is 0 Å². The van der Waals surface area contributed by atoms with Gasteiger partial charge >= 0.3 is 11.8 Å². The summed E-state index contributed by atoms with van der Waals surface area (Å²) in [7, 11) is 1.61.